The van der Waals surface area contributed by atoms with Gasteiger partial charge in [0.05, 0.1) is 28.5 Å². The quantitative estimate of drug-likeness (QED) is 0.498. The van der Waals surface area contributed by atoms with Crippen molar-refractivity contribution >= 4 is 10.9 Å². The highest BCUT2D eigenvalue weighted by Gasteiger charge is 2.26. The summed E-state index contributed by atoms with van der Waals surface area (Å²) in [6.45, 7) is 8.45. The molecular formula is C27H30N4O. The van der Waals surface area contributed by atoms with Crippen molar-refractivity contribution in [1.29, 1.82) is 5.26 Å². The first-order valence-electron chi connectivity index (χ1n) is 11.5. The van der Waals surface area contributed by atoms with E-state index in [0.29, 0.717) is 17.8 Å². The summed E-state index contributed by atoms with van der Waals surface area (Å²) in [6.07, 6.45) is 4.92. The van der Waals surface area contributed by atoms with Gasteiger partial charge >= 0.3 is 0 Å². The molecule has 0 bridgehead atoms. The van der Waals surface area contributed by atoms with E-state index < -0.39 is 0 Å². The Balaban J connectivity index is 1.93. The van der Waals surface area contributed by atoms with Crippen molar-refractivity contribution in [1.82, 2.24) is 15.0 Å². The van der Waals surface area contributed by atoms with Gasteiger partial charge in [0.1, 0.15) is 5.76 Å². The number of rotatable bonds is 2. The van der Waals surface area contributed by atoms with Crippen molar-refractivity contribution in [3.05, 3.63) is 64.8 Å². The summed E-state index contributed by atoms with van der Waals surface area (Å²) in [5.41, 5.74) is 5.64. The van der Waals surface area contributed by atoms with Crippen LogP contribution in [0.3, 0.4) is 0 Å². The van der Waals surface area contributed by atoms with E-state index in [0.717, 1.165) is 47.1 Å². The molecule has 4 rings (SSSR count). The maximum absolute atomic E-state index is 10.6. The van der Waals surface area contributed by atoms with Gasteiger partial charge in [0, 0.05) is 29.0 Å². The lowest BCUT2D eigenvalue weighted by Crippen LogP contribution is -2.15. The van der Waals surface area contributed by atoms with Gasteiger partial charge in [-0.25, -0.2) is 9.97 Å². The monoisotopic (exact) mass is 426 g/mol. The van der Waals surface area contributed by atoms with Gasteiger partial charge in [-0.1, -0.05) is 45.9 Å². The van der Waals surface area contributed by atoms with E-state index in [2.05, 4.69) is 37.9 Å². The molecule has 3 aromatic rings. The van der Waals surface area contributed by atoms with Crippen molar-refractivity contribution < 1.29 is 5.11 Å². The lowest BCUT2D eigenvalue weighted by Gasteiger charge is -2.24. The number of fused-ring (bicyclic) bond motifs is 2. The molecule has 2 heterocycles. The first-order chi connectivity index (χ1) is 15.4. The van der Waals surface area contributed by atoms with Crippen LogP contribution in [0.1, 0.15) is 75.7 Å². The molecule has 1 aliphatic carbocycles. The normalized spacial score (nSPS) is 21.9. The maximum atomic E-state index is 10.6. The molecule has 0 unspecified atom stereocenters. The number of hydrogen-bond acceptors (Lipinski definition) is 5. The van der Waals surface area contributed by atoms with Gasteiger partial charge in [0.15, 0.2) is 5.82 Å². The minimum absolute atomic E-state index is 0.000508. The maximum Gasteiger partial charge on any atom is 0.160 e. The molecule has 1 N–H and O–H groups in total. The van der Waals surface area contributed by atoms with Crippen LogP contribution in [0.15, 0.2) is 47.9 Å². The van der Waals surface area contributed by atoms with E-state index in [9.17, 15) is 10.4 Å². The van der Waals surface area contributed by atoms with Crippen LogP contribution in [0.4, 0.5) is 0 Å². The Morgan fingerprint density at radius 1 is 1.09 bits per heavy atom. The number of nitrogens with zero attached hydrogens (tertiary/aromatic N) is 4. The molecule has 5 nitrogen and oxygen atoms in total. The standard InChI is InChI=1S/C27H30N4O/c1-16(2)24-22-10-7-8-17(3)26(32)19(15-28)14-18(4)25(22)31-27(30-24)21-12-13-29-23-11-6-5-9-20(21)23/h5-6,9,11-13,16-18,32H,7-8,10,14H2,1-4H3/b26-19-/t17-,18-/m1/s1. The van der Waals surface area contributed by atoms with Crippen molar-refractivity contribution in [2.24, 2.45) is 5.92 Å². The first kappa shape index (κ1) is 22.0. The fraction of sp³-hybridized carbons (Fsp3) is 0.407. The highest BCUT2D eigenvalue weighted by molar-refractivity contribution is 5.92. The second kappa shape index (κ2) is 9.08. The number of aliphatic hydroxyl groups excluding tert-OH is 1. The third-order valence-electron chi connectivity index (χ3n) is 6.46. The lowest BCUT2D eigenvalue weighted by atomic mass is 9.85. The van der Waals surface area contributed by atoms with Crippen LogP contribution in [-0.4, -0.2) is 20.1 Å². The molecule has 2 atom stereocenters. The van der Waals surface area contributed by atoms with E-state index in [1.165, 1.54) is 5.56 Å². The van der Waals surface area contributed by atoms with E-state index >= 15 is 0 Å². The number of pyridine rings is 1. The Bertz CT molecular complexity index is 1220. The third-order valence-corrected chi connectivity index (χ3v) is 6.46. The Hall–Kier alpha value is -3.26. The number of para-hydroxylation sites is 1. The second-order valence-corrected chi connectivity index (χ2v) is 9.20. The zero-order chi connectivity index (χ0) is 22.8. The van der Waals surface area contributed by atoms with Crippen LogP contribution in [-0.2, 0) is 6.42 Å². The molecule has 0 saturated carbocycles. The molecular weight excluding hydrogens is 396 g/mol. The summed E-state index contributed by atoms with van der Waals surface area (Å²) in [4.78, 5) is 14.7. The zero-order valence-electron chi connectivity index (χ0n) is 19.3. The SMILES string of the molecule is CC(C)c1nc(-c2ccnc3ccccc23)nc2c1CCC[C@@H](C)/C(O)=C(/C#N)C[C@H]2C. The highest BCUT2D eigenvalue weighted by atomic mass is 16.3. The number of aromatic nitrogens is 3. The molecule has 0 spiro atoms. The van der Waals surface area contributed by atoms with Gasteiger partial charge in [-0.2, -0.15) is 5.26 Å². The van der Waals surface area contributed by atoms with Gasteiger partial charge < -0.3 is 5.11 Å². The second-order valence-electron chi connectivity index (χ2n) is 9.20. The highest BCUT2D eigenvalue weighted by Crippen LogP contribution is 2.36. The summed E-state index contributed by atoms with van der Waals surface area (Å²) in [5, 5.41) is 21.4. The van der Waals surface area contributed by atoms with E-state index in [4.69, 9.17) is 9.97 Å². The van der Waals surface area contributed by atoms with Crippen LogP contribution in [0.25, 0.3) is 22.3 Å². The molecule has 0 saturated heterocycles. The van der Waals surface area contributed by atoms with Crippen molar-refractivity contribution in [2.75, 3.05) is 0 Å². The van der Waals surface area contributed by atoms with E-state index in [1.807, 2.05) is 31.2 Å². The molecule has 1 aromatic carbocycles. The Morgan fingerprint density at radius 2 is 1.88 bits per heavy atom. The summed E-state index contributed by atoms with van der Waals surface area (Å²) in [6, 6.07) is 12.3. The first-order valence-corrected chi connectivity index (χ1v) is 11.5. The van der Waals surface area contributed by atoms with Crippen molar-refractivity contribution in [3.8, 4) is 17.5 Å². The summed E-state index contributed by atoms with van der Waals surface area (Å²) < 4.78 is 0. The summed E-state index contributed by atoms with van der Waals surface area (Å²) in [5.74, 6) is 1.19. The summed E-state index contributed by atoms with van der Waals surface area (Å²) in [7, 11) is 0. The van der Waals surface area contributed by atoms with Crippen LogP contribution in [0.2, 0.25) is 0 Å². The molecule has 2 aromatic heterocycles. The van der Waals surface area contributed by atoms with E-state index in [1.54, 1.807) is 6.20 Å². The predicted molar refractivity (Wildman–Crippen MR) is 127 cm³/mol. The molecule has 0 radical (unpaired) electrons. The number of benzene rings is 1. The number of nitriles is 1. The smallest absolute Gasteiger partial charge is 0.160 e. The van der Waals surface area contributed by atoms with Crippen LogP contribution in [0.5, 0.6) is 0 Å². The number of allylic oxidation sites excluding steroid dienone is 2. The molecule has 0 fully saturated rings. The average molecular weight is 427 g/mol. The largest absolute Gasteiger partial charge is 0.511 e. The Labute approximate surface area is 189 Å². The van der Waals surface area contributed by atoms with Crippen LogP contribution >= 0.6 is 0 Å². The average Bonchev–Trinajstić information content (AvgIpc) is 2.80. The Morgan fingerprint density at radius 3 is 2.62 bits per heavy atom. The number of aliphatic hydroxyl groups is 1. The molecule has 0 amide bonds. The van der Waals surface area contributed by atoms with Crippen molar-refractivity contribution in [3.63, 3.8) is 0 Å². The minimum atomic E-state index is -0.00993. The van der Waals surface area contributed by atoms with Crippen LogP contribution in [0, 0.1) is 17.2 Å². The fourth-order valence-electron chi connectivity index (χ4n) is 4.70. The third kappa shape index (κ3) is 4.10. The molecule has 164 valence electrons. The van der Waals surface area contributed by atoms with Crippen LogP contribution < -0.4 is 0 Å². The van der Waals surface area contributed by atoms with E-state index in [-0.39, 0.29) is 23.5 Å². The zero-order valence-corrected chi connectivity index (χ0v) is 19.3. The molecule has 0 aliphatic heterocycles. The van der Waals surface area contributed by atoms with Gasteiger partial charge in [-0.15, -0.1) is 0 Å². The van der Waals surface area contributed by atoms with Crippen molar-refractivity contribution in [2.45, 2.75) is 65.2 Å². The Kier molecular flexibility index (Phi) is 6.23. The summed E-state index contributed by atoms with van der Waals surface area (Å²) >= 11 is 0. The van der Waals surface area contributed by atoms with Gasteiger partial charge in [-0.05, 0) is 49.3 Å². The lowest BCUT2D eigenvalue weighted by molar-refractivity contribution is 0.319. The topological polar surface area (TPSA) is 82.7 Å². The molecule has 5 heteroatoms. The van der Waals surface area contributed by atoms with Gasteiger partial charge in [0.25, 0.3) is 0 Å². The van der Waals surface area contributed by atoms with Gasteiger partial charge in [-0.3, -0.25) is 4.98 Å². The predicted octanol–water partition coefficient (Wildman–Crippen LogP) is 6.62. The number of hydrogen-bond donors (Lipinski definition) is 1. The minimum Gasteiger partial charge on any atom is -0.511 e. The molecule has 32 heavy (non-hydrogen) atoms. The molecule has 1 aliphatic rings. The fourth-order valence-corrected chi connectivity index (χ4v) is 4.70. The van der Waals surface area contributed by atoms with Gasteiger partial charge in [0.2, 0.25) is 0 Å².